The summed E-state index contributed by atoms with van der Waals surface area (Å²) in [5.41, 5.74) is 6.08. The first-order chi connectivity index (χ1) is 14.8. The Morgan fingerprint density at radius 3 is 2.45 bits per heavy atom. The molecule has 0 radical (unpaired) electrons. The zero-order valence-corrected chi connectivity index (χ0v) is 18.5. The number of tetrazole rings is 1. The normalized spacial score (nSPS) is 11.0. The molecule has 0 unspecified atom stereocenters. The van der Waals surface area contributed by atoms with Crippen LogP contribution in [0.2, 0.25) is 5.15 Å². The van der Waals surface area contributed by atoms with Crippen molar-refractivity contribution in [3.63, 3.8) is 0 Å². The zero-order chi connectivity index (χ0) is 22.1. The number of pyridine rings is 1. The molecule has 0 aliphatic rings. The summed E-state index contributed by atoms with van der Waals surface area (Å²) in [7, 11) is 1.57. The van der Waals surface area contributed by atoms with E-state index in [4.69, 9.17) is 16.3 Å². The van der Waals surface area contributed by atoms with Gasteiger partial charge in [0, 0.05) is 18.2 Å². The van der Waals surface area contributed by atoms with E-state index in [1.165, 1.54) is 9.36 Å². The van der Waals surface area contributed by atoms with Gasteiger partial charge in [0.25, 0.3) is 0 Å². The van der Waals surface area contributed by atoms with Crippen LogP contribution in [-0.4, -0.2) is 24.8 Å². The molecule has 4 aromatic rings. The van der Waals surface area contributed by atoms with Crippen molar-refractivity contribution in [3.05, 3.63) is 86.4 Å². The van der Waals surface area contributed by atoms with Gasteiger partial charge in [-0.15, -0.1) is 0 Å². The Kier molecular flexibility index (Phi) is 5.61. The minimum Gasteiger partial charge on any atom is -0.489 e. The zero-order valence-electron chi connectivity index (χ0n) is 17.8. The Morgan fingerprint density at radius 1 is 0.968 bits per heavy atom. The number of hydrogen-bond acceptors (Lipinski definition) is 5. The fourth-order valence-electron chi connectivity index (χ4n) is 3.47. The molecule has 4 rings (SSSR count). The maximum absolute atomic E-state index is 12.3. The standard InChI is InChI=1S/C23H22ClN5O2/c1-14-7-5-9-20(29-23(30)28(4)26-27-29)18(14)13-31-21-12-15(2)17(11-16(21)3)19-8-6-10-22(24)25-19/h5-12H,13H2,1-4H3. The Morgan fingerprint density at radius 2 is 1.74 bits per heavy atom. The van der Waals surface area contributed by atoms with E-state index in [2.05, 4.69) is 21.5 Å². The molecular weight excluding hydrogens is 414 g/mol. The fraction of sp³-hybridized carbons (Fsp3) is 0.217. The highest BCUT2D eigenvalue weighted by atomic mass is 35.5. The highest BCUT2D eigenvalue weighted by Gasteiger charge is 2.15. The Bertz CT molecular complexity index is 1330. The number of benzene rings is 2. The van der Waals surface area contributed by atoms with Crippen LogP contribution >= 0.6 is 11.6 Å². The SMILES string of the molecule is Cc1cc(-c2cccc(Cl)n2)c(C)cc1OCc1c(C)cccc1-n1nnn(C)c1=O. The predicted molar refractivity (Wildman–Crippen MR) is 120 cm³/mol. The molecular formula is C23H22ClN5O2. The summed E-state index contributed by atoms with van der Waals surface area (Å²) in [6.07, 6.45) is 0. The lowest BCUT2D eigenvalue weighted by atomic mass is 10.0. The first-order valence-corrected chi connectivity index (χ1v) is 10.2. The van der Waals surface area contributed by atoms with Crippen molar-refractivity contribution >= 4 is 11.6 Å². The van der Waals surface area contributed by atoms with Gasteiger partial charge in [-0.2, -0.15) is 9.36 Å². The molecule has 0 aliphatic heterocycles. The molecule has 0 amide bonds. The molecule has 31 heavy (non-hydrogen) atoms. The van der Waals surface area contributed by atoms with Gasteiger partial charge < -0.3 is 4.74 Å². The molecule has 158 valence electrons. The first-order valence-electron chi connectivity index (χ1n) is 9.80. The van der Waals surface area contributed by atoms with E-state index >= 15 is 0 Å². The largest absolute Gasteiger partial charge is 0.489 e. The van der Waals surface area contributed by atoms with Gasteiger partial charge in [-0.3, -0.25) is 0 Å². The smallest absolute Gasteiger partial charge is 0.368 e. The molecule has 0 N–H and O–H groups in total. The third-order valence-electron chi connectivity index (χ3n) is 5.22. The third kappa shape index (κ3) is 4.09. The van der Waals surface area contributed by atoms with Crippen LogP contribution in [0.4, 0.5) is 0 Å². The van der Waals surface area contributed by atoms with Gasteiger partial charge in [0.1, 0.15) is 17.5 Å². The van der Waals surface area contributed by atoms with Crippen LogP contribution in [0.15, 0.2) is 53.3 Å². The number of ether oxygens (including phenoxy) is 1. The lowest BCUT2D eigenvalue weighted by Crippen LogP contribution is -2.23. The minimum absolute atomic E-state index is 0.292. The molecule has 0 spiro atoms. The number of halogens is 1. The first kappa shape index (κ1) is 20.8. The minimum atomic E-state index is -0.308. The summed E-state index contributed by atoms with van der Waals surface area (Å²) in [6.45, 7) is 6.28. The van der Waals surface area contributed by atoms with Crippen molar-refractivity contribution in [1.82, 2.24) is 24.8 Å². The van der Waals surface area contributed by atoms with Crippen molar-refractivity contribution < 1.29 is 4.74 Å². The average molecular weight is 436 g/mol. The average Bonchev–Trinajstić information content (AvgIpc) is 3.07. The molecule has 0 bridgehead atoms. The van der Waals surface area contributed by atoms with E-state index < -0.39 is 0 Å². The molecule has 0 aliphatic carbocycles. The summed E-state index contributed by atoms with van der Waals surface area (Å²) < 4.78 is 8.68. The highest BCUT2D eigenvalue weighted by Crippen LogP contribution is 2.31. The van der Waals surface area contributed by atoms with E-state index in [9.17, 15) is 4.79 Å². The molecule has 2 heterocycles. The third-order valence-corrected chi connectivity index (χ3v) is 5.43. The Balaban J connectivity index is 1.66. The quantitative estimate of drug-likeness (QED) is 0.439. The monoisotopic (exact) mass is 435 g/mol. The van der Waals surface area contributed by atoms with Crippen molar-refractivity contribution in [1.29, 1.82) is 0 Å². The highest BCUT2D eigenvalue weighted by molar-refractivity contribution is 6.29. The topological polar surface area (TPSA) is 74.8 Å². The summed E-state index contributed by atoms with van der Waals surface area (Å²) in [6, 6.07) is 15.3. The summed E-state index contributed by atoms with van der Waals surface area (Å²) in [5.74, 6) is 0.768. The molecule has 0 atom stereocenters. The maximum atomic E-state index is 12.3. The molecule has 0 saturated carbocycles. The van der Waals surface area contributed by atoms with Crippen LogP contribution in [0.1, 0.15) is 22.3 Å². The fourth-order valence-corrected chi connectivity index (χ4v) is 3.63. The molecule has 2 aromatic heterocycles. The van der Waals surface area contributed by atoms with E-state index in [0.717, 1.165) is 39.3 Å². The maximum Gasteiger partial charge on any atom is 0.368 e. The van der Waals surface area contributed by atoms with E-state index in [1.807, 2.05) is 57.2 Å². The number of hydrogen-bond donors (Lipinski definition) is 0. The number of nitrogens with zero attached hydrogens (tertiary/aromatic N) is 5. The lowest BCUT2D eigenvalue weighted by Gasteiger charge is -2.16. The van der Waals surface area contributed by atoms with E-state index in [-0.39, 0.29) is 5.69 Å². The second kappa shape index (κ2) is 8.35. The van der Waals surface area contributed by atoms with Crippen molar-refractivity contribution in [2.45, 2.75) is 27.4 Å². The van der Waals surface area contributed by atoms with Crippen LogP contribution in [0.3, 0.4) is 0 Å². The lowest BCUT2D eigenvalue weighted by molar-refractivity contribution is 0.302. The predicted octanol–water partition coefficient (Wildman–Crippen LogP) is 4.19. The molecule has 2 aromatic carbocycles. The van der Waals surface area contributed by atoms with Gasteiger partial charge in [-0.1, -0.05) is 29.8 Å². The second-order valence-corrected chi connectivity index (χ2v) is 7.82. The summed E-state index contributed by atoms with van der Waals surface area (Å²) in [5, 5.41) is 8.24. The summed E-state index contributed by atoms with van der Waals surface area (Å²) in [4.78, 5) is 16.8. The Labute approximate surface area is 184 Å². The van der Waals surface area contributed by atoms with Crippen molar-refractivity contribution in [2.24, 2.45) is 7.05 Å². The van der Waals surface area contributed by atoms with Crippen molar-refractivity contribution in [2.75, 3.05) is 0 Å². The van der Waals surface area contributed by atoms with Crippen molar-refractivity contribution in [3.8, 4) is 22.7 Å². The number of rotatable bonds is 5. The number of aryl methyl sites for hydroxylation is 4. The Hall–Kier alpha value is -3.45. The van der Waals surface area contributed by atoms with Crippen LogP contribution in [0.5, 0.6) is 5.75 Å². The van der Waals surface area contributed by atoms with Crippen LogP contribution in [0, 0.1) is 20.8 Å². The van der Waals surface area contributed by atoms with Gasteiger partial charge in [-0.25, -0.2) is 9.78 Å². The molecule has 7 nitrogen and oxygen atoms in total. The van der Waals surface area contributed by atoms with Gasteiger partial charge in [0.05, 0.1) is 11.4 Å². The second-order valence-electron chi connectivity index (χ2n) is 7.44. The van der Waals surface area contributed by atoms with Gasteiger partial charge >= 0.3 is 5.69 Å². The van der Waals surface area contributed by atoms with Gasteiger partial charge in [-0.05, 0) is 78.2 Å². The van der Waals surface area contributed by atoms with Crippen LogP contribution in [0.25, 0.3) is 16.9 Å². The van der Waals surface area contributed by atoms with Gasteiger partial charge in [0.15, 0.2) is 0 Å². The van der Waals surface area contributed by atoms with E-state index in [1.54, 1.807) is 13.1 Å². The van der Waals surface area contributed by atoms with Crippen LogP contribution in [-0.2, 0) is 13.7 Å². The number of aromatic nitrogens is 5. The summed E-state index contributed by atoms with van der Waals surface area (Å²) >= 11 is 6.06. The molecule has 0 saturated heterocycles. The molecule has 0 fully saturated rings. The van der Waals surface area contributed by atoms with E-state index in [0.29, 0.717) is 17.4 Å². The van der Waals surface area contributed by atoms with Gasteiger partial charge in [0.2, 0.25) is 0 Å². The molecule has 8 heteroatoms. The van der Waals surface area contributed by atoms with Crippen LogP contribution < -0.4 is 10.4 Å².